The fourth-order valence-electron chi connectivity index (χ4n) is 9.92. The van der Waals surface area contributed by atoms with Gasteiger partial charge < -0.3 is 0 Å². The third-order valence-corrected chi connectivity index (χ3v) is 12.7. The molecule has 0 spiro atoms. The lowest BCUT2D eigenvalue weighted by atomic mass is 9.59. The quantitative estimate of drug-likeness (QED) is 0.155. The molecular formula is C56H46. The van der Waals surface area contributed by atoms with Gasteiger partial charge in [-0.15, -0.1) is 0 Å². The van der Waals surface area contributed by atoms with E-state index >= 15 is 0 Å². The van der Waals surface area contributed by atoms with E-state index in [1.807, 2.05) is 0 Å². The van der Waals surface area contributed by atoms with Gasteiger partial charge in [-0.05, 0) is 129 Å². The SMILES string of the molecule is CC1(C)CCC(C)(C)c2c(-c3c4ccccc4c(-c4c(-c5ccccc5)cccc4-c4ccccc4)c4ccccc34)ccc(-c3ccc4ccccc4c3)c21. The highest BCUT2D eigenvalue weighted by Gasteiger charge is 2.41. The molecule has 0 bridgehead atoms. The first-order valence-corrected chi connectivity index (χ1v) is 20.2. The van der Waals surface area contributed by atoms with E-state index in [-0.39, 0.29) is 10.8 Å². The molecule has 0 radical (unpaired) electrons. The third kappa shape index (κ3) is 5.50. The van der Waals surface area contributed by atoms with Crippen molar-refractivity contribution in [3.8, 4) is 55.6 Å². The average molecular weight is 719 g/mol. The van der Waals surface area contributed by atoms with Gasteiger partial charge in [0, 0.05) is 0 Å². The van der Waals surface area contributed by atoms with E-state index in [4.69, 9.17) is 0 Å². The second-order valence-corrected chi connectivity index (χ2v) is 17.0. The number of fused-ring (bicyclic) bond motifs is 4. The van der Waals surface area contributed by atoms with Crippen LogP contribution in [0.3, 0.4) is 0 Å². The van der Waals surface area contributed by atoms with Gasteiger partial charge in [-0.3, -0.25) is 0 Å². The molecule has 1 aliphatic carbocycles. The number of hydrogen-bond donors (Lipinski definition) is 0. The van der Waals surface area contributed by atoms with Gasteiger partial charge in [-0.25, -0.2) is 0 Å². The Kier molecular flexibility index (Phi) is 8.08. The predicted octanol–water partition coefficient (Wildman–Crippen LogP) is 15.8. The molecule has 0 aliphatic heterocycles. The first kappa shape index (κ1) is 34.3. The van der Waals surface area contributed by atoms with Crippen molar-refractivity contribution in [3.63, 3.8) is 0 Å². The minimum absolute atomic E-state index is 0.00655. The standard InChI is InChI=1S/C56H46/c1-55(2)34-35-56(3,4)54-49(33-32-44(53(54)55)41-31-30-37-18-11-12-23-40(37)36-41)50-45-24-13-15-26-47(45)52(48-27-16-14-25-46(48)50)51-42(38-19-7-5-8-20-38)28-17-29-43(51)39-21-9-6-10-22-39/h5-33,36H,34-35H2,1-4H3. The molecule has 9 aromatic rings. The molecule has 0 aromatic heterocycles. The van der Waals surface area contributed by atoms with Crippen molar-refractivity contribution >= 4 is 32.3 Å². The Hall–Kier alpha value is -6.24. The van der Waals surface area contributed by atoms with E-state index in [1.54, 1.807) is 0 Å². The monoisotopic (exact) mass is 718 g/mol. The molecular weight excluding hydrogens is 673 g/mol. The Morgan fingerprint density at radius 3 is 1.30 bits per heavy atom. The van der Waals surface area contributed by atoms with Gasteiger partial charge in [-0.2, -0.15) is 0 Å². The maximum absolute atomic E-state index is 2.48. The van der Waals surface area contributed by atoms with Gasteiger partial charge in [0.05, 0.1) is 0 Å². The lowest BCUT2D eigenvalue weighted by molar-refractivity contribution is 0.333. The van der Waals surface area contributed by atoms with Crippen molar-refractivity contribution in [3.05, 3.63) is 193 Å². The summed E-state index contributed by atoms with van der Waals surface area (Å²) in [4.78, 5) is 0. The fraction of sp³-hybridized carbons (Fsp3) is 0.143. The zero-order valence-corrected chi connectivity index (χ0v) is 32.7. The zero-order chi connectivity index (χ0) is 38.0. The second-order valence-electron chi connectivity index (χ2n) is 17.0. The van der Waals surface area contributed by atoms with Crippen LogP contribution < -0.4 is 0 Å². The van der Waals surface area contributed by atoms with E-state index in [9.17, 15) is 0 Å². The number of hydrogen-bond acceptors (Lipinski definition) is 0. The number of benzene rings is 9. The molecule has 1 aliphatic rings. The Bertz CT molecular complexity index is 2830. The maximum Gasteiger partial charge on any atom is -0.00139 e. The van der Waals surface area contributed by atoms with Crippen molar-refractivity contribution in [1.29, 1.82) is 0 Å². The summed E-state index contributed by atoms with van der Waals surface area (Å²) in [6, 6.07) is 67.7. The summed E-state index contributed by atoms with van der Waals surface area (Å²) in [5.74, 6) is 0. The average Bonchev–Trinajstić information content (AvgIpc) is 3.24. The van der Waals surface area contributed by atoms with Gasteiger partial charge in [0.2, 0.25) is 0 Å². The summed E-state index contributed by atoms with van der Waals surface area (Å²) in [7, 11) is 0. The maximum atomic E-state index is 2.48. The van der Waals surface area contributed by atoms with Crippen molar-refractivity contribution in [2.24, 2.45) is 0 Å². The van der Waals surface area contributed by atoms with Crippen LogP contribution >= 0.6 is 0 Å². The lowest BCUT2D eigenvalue weighted by Crippen LogP contribution is -2.35. The van der Waals surface area contributed by atoms with Gasteiger partial charge in [0.25, 0.3) is 0 Å². The molecule has 0 saturated heterocycles. The van der Waals surface area contributed by atoms with Crippen LogP contribution in [0.4, 0.5) is 0 Å². The fourth-order valence-corrected chi connectivity index (χ4v) is 9.92. The molecule has 270 valence electrons. The van der Waals surface area contributed by atoms with Gasteiger partial charge in [0.1, 0.15) is 0 Å². The highest BCUT2D eigenvalue weighted by atomic mass is 14.4. The summed E-state index contributed by atoms with van der Waals surface area (Å²) < 4.78 is 0. The molecule has 0 heteroatoms. The van der Waals surface area contributed by atoms with Crippen LogP contribution in [0.5, 0.6) is 0 Å². The Labute approximate surface area is 331 Å². The second kappa shape index (κ2) is 13.2. The van der Waals surface area contributed by atoms with Crippen LogP contribution in [0, 0.1) is 0 Å². The van der Waals surface area contributed by atoms with Crippen LogP contribution in [0.2, 0.25) is 0 Å². The van der Waals surface area contributed by atoms with Crippen LogP contribution in [0.15, 0.2) is 182 Å². The highest BCUT2D eigenvalue weighted by molar-refractivity contribution is 6.24. The first-order valence-electron chi connectivity index (χ1n) is 20.2. The van der Waals surface area contributed by atoms with Gasteiger partial charge in [-0.1, -0.05) is 204 Å². The molecule has 0 N–H and O–H groups in total. The van der Waals surface area contributed by atoms with Crippen LogP contribution in [0.1, 0.15) is 51.7 Å². The Balaban J connectivity index is 1.33. The molecule has 0 fully saturated rings. The molecule has 0 heterocycles. The van der Waals surface area contributed by atoms with Gasteiger partial charge >= 0.3 is 0 Å². The number of rotatable bonds is 5. The van der Waals surface area contributed by atoms with E-state index in [1.165, 1.54) is 99.1 Å². The molecule has 10 rings (SSSR count). The highest BCUT2D eigenvalue weighted by Crippen LogP contribution is 2.56. The molecule has 0 nitrogen and oxygen atoms in total. The molecule has 9 aromatic carbocycles. The van der Waals surface area contributed by atoms with Crippen molar-refractivity contribution < 1.29 is 0 Å². The third-order valence-electron chi connectivity index (χ3n) is 12.7. The smallest absolute Gasteiger partial charge is 0.00139 e. The largest absolute Gasteiger partial charge is 0.0622 e. The van der Waals surface area contributed by atoms with Crippen LogP contribution in [0.25, 0.3) is 88.0 Å². The van der Waals surface area contributed by atoms with E-state index in [0.717, 1.165) is 12.8 Å². The van der Waals surface area contributed by atoms with Crippen molar-refractivity contribution in [2.75, 3.05) is 0 Å². The van der Waals surface area contributed by atoms with E-state index < -0.39 is 0 Å². The van der Waals surface area contributed by atoms with Crippen LogP contribution in [-0.2, 0) is 10.8 Å². The van der Waals surface area contributed by atoms with Crippen molar-refractivity contribution in [1.82, 2.24) is 0 Å². The molecule has 0 atom stereocenters. The zero-order valence-electron chi connectivity index (χ0n) is 32.7. The normalized spacial score (nSPS) is 14.6. The topological polar surface area (TPSA) is 0 Å². The minimum atomic E-state index is -0.0195. The summed E-state index contributed by atoms with van der Waals surface area (Å²) in [5, 5.41) is 7.72. The predicted molar refractivity (Wildman–Crippen MR) is 241 cm³/mol. The minimum Gasteiger partial charge on any atom is -0.0622 e. The van der Waals surface area contributed by atoms with Gasteiger partial charge in [0.15, 0.2) is 0 Å². The van der Waals surface area contributed by atoms with E-state index in [0.29, 0.717) is 0 Å². The summed E-state index contributed by atoms with van der Waals surface area (Å²) in [5.41, 5.74) is 15.8. The summed E-state index contributed by atoms with van der Waals surface area (Å²) >= 11 is 0. The molecule has 0 unspecified atom stereocenters. The lowest BCUT2D eigenvalue weighted by Gasteiger charge is -2.44. The Morgan fingerprint density at radius 1 is 0.304 bits per heavy atom. The van der Waals surface area contributed by atoms with Crippen molar-refractivity contribution in [2.45, 2.75) is 51.4 Å². The summed E-state index contributed by atoms with van der Waals surface area (Å²) in [6.07, 6.45) is 2.29. The summed E-state index contributed by atoms with van der Waals surface area (Å²) in [6.45, 7) is 9.91. The van der Waals surface area contributed by atoms with E-state index in [2.05, 4.69) is 210 Å². The molecule has 0 saturated carbocycles. The van der Waals surface area contributed by atoms with Crippen LogP contribution in [-0.4, -0.2) is 0 Å². The first-order chi connectivity index (χ1) is 27.3. The molecule has 0 amide bonds. The molecule has 56 heavy (non-hydrogen) atoms. The Morgan fingerprint density at radius 2 is 0.750 bits per heavy atom.